The third kappa shape index (κ3) is 5.14. The molecule has 3 N–H and O–H groups in total. The molecule has 0 aliphatic carbocycles. The number of aromatic nitrogens is 1. The second-order valence-electron chi connectivity index (χ2n) is 5.19. The minimum atomic E-state index is -0.923. The standard InChI is InChI=1S/C14H16ClN5O6S/c1-25-9(22)3-6-10(12(23)16-6)19-13(24)11(20-26-2)7-5-27-14(17-7)18-8(21)4-15/h5-6,10H,3-4H2,1-2H3,(H,16,23)(H,19,24)(H,17,18,21)/b20-11-/t6-,10+/m0/s1. The first-order chi connectivity index (χ1) is 12.9. The summed E-state index contributed by atoms with van der Waals surface area (Å²) >= 11 is 6.47. The van der Waals surface area contributed by atoms with E-state index in [1.165, 1.54) is 19.6 Å². The summed E-state index contributed by atoms with van der Waals surface area (Å²) in [5.41, 5.74) is -0.0647. The maximum atomic E-state index is 12.5. The molecule has 2 heterocycles. The van der Waals surface area contributed by atoms with Gasteiger partial charge in [0, 0.05) is 5.38 Å². The van der Waals surface area contributed by atoms with Crippen molar-refractivity contribution in [1.29, 1.82) is 0 Å². The van der Waals surface area contributed by atoms with Crippen LogP contribution in [0.15, 0.2) is 10.5 Å². The lowest BCUT2D eigenvalue weighted by molar-refractivity contribution is -0.144. The van der Waals surface area contributed by atoms with Crippen LogP contribution < -0.4 is 16.0 Å². The number of esters is 1. The van der Waals surface area contributed by atoms with Gasteiger partial charge in [-0.3, -0.25) is 19.2 Å². The molecule has 1 saturated heterocycles. The highest BCUT2D eigenvalue weighted by Gasteiger charge is 2.42. The van der Waals surface area contributed by atoms with Gasteiger partial charge >= 0.3 is 5.97 Å². The largest absolute Gasteiger partial charge is 0.469 e. The van der Waals surface area contributed by atoms with Crippen LogP contribution in [0.25, 0.3) is 0 Å². The van der Waals surface area contributed by atoms with Gasteiger partial charge in [0.2, 0.25) is 11.8 Å². The number of hydrogen-bond donors (Lipinski definition) is 3. The number of anilines is 1. The monoisotopic (exact) mass is 417 g/mol. The molecular formula is C14H16ClN5O6S. The predicted molar refractivity (Wildman–Crippen MR) is 95.5 cm³/mol. The third-order valence-electron chi connectivity index (χ3n) is 3.43. The Labute approximate surface area is 162 Å². The Morgan fingerprint density at radius 3 is 2.74 bits per heavy atom. The molecular weight excluding hydrogens is 402 g/mol. The summed E-state index contributed by atoms with van der Waals surface area (Å²) < 4.78 is 4.54. The Morgan fingerprint density at radius 2 is 2.15 bits per heavy atom. The van der Waals surface area contributed by atoms with E-state index in [1.54, 1.807) is 0 Å². The number of halogens is 1. The number of thiazole rings is 1. The van der Waals surface area contributed by atoms with Crippen LogP contribution in [0.2, 0.25) is 0 Å². The van der Waals surface area contributed by atoms with Gasteiger partial charge in [-0.1, -0.05) is 5.16 Å². The number of hydrogen-bond acceptors (Lipinski definition) is 9. The second-order valence-corrected chi connectivity index (χ2v) is 6.31. The zero-order valence-electron chi connectivity index (χ0n) is 14.3. The molecule has 0 unspecified atom stereocenters. The number of carbonyl (C=O) groups excluding carboxylic acids is 4. The highest BCUT2D eigenvalue weighted by Crippen LogP contribution is 2.17. The normalized spacial score (nSPS) is 18.8. The van der Waals surface area contributed by atoms with Gasteiger partial charge < -0.3 is 25.5 Å². The molecule has 2 rings (SSSR count). The molecule has 1 aliphatic rings. The molecule has 11 nitrogen and oxygen atoms in total. The molecule has 146 valence electrons. The molecule has 27 heavy (non-hydrogen) atoms. The van der Waals surface area contributed by atoms with E-state index >= 15 is 0 Å². The van der Waals surface area contributed by atoms with Crippen molar-refractivity contribution < 1.29 is 28.8 Å². The number of methoxy groups -OCH3 is 1. The zero-order chi connectivity index (χ0) is 20.0. The Balaban J connectivity index is 2.09. The van der Waals surface area contributed by atoms with Crippen LogP contribution in [0.4, 0.5) is 5.13 Å². The van der Waals surface area contributed by atoms with Crippen LogP contribution in [-0.4, -0.2) is 66.6 Å². The number of amides is 3. The van der Waals surface area contributed by atoms with Gasteiger partial charge in [0.1, 0.15) is 24.7 Å². The van der Waals surface area contributed by atoms with Gasteiger partial charge in [0.15, 0.2) is 10.8 Å². The number of nitrogens with zero attached hydrogens (tertiary/aromatic N) is 2. The summed E-state index contributed by atoms with van der Waals surface area (Å²) in [6.07, 6.45) is -0.0880. The number of nitrogens with one attached hydrogen (secondary N) is 3. The van der Waals surface area contributed by atoms with Crippen molar-refractivity contribution in [3.8, 4) is 0 Å². The molecule has 2 atom stereocenters. The molecule has 13 heteroatoms. The second kappa shape index (κ2) is 9.28. The van der Waals surface area contributed by atoms with Gasteiger partial charge in [-0.15, -0.1) is 22.9 Å². The predicted octanol–water partition coefficient (Wildman–Crippen LogP) is -0.783. The quantitative estimate of drug-likeness (QED) is 0.165. The van der Waals surface area contributed by atoms with Crippen LogP contribution in [0, 0.1) is 0 Å². The number of ether oxygens (including phenoxy) is 1. The molecule has 3 amide bonds. The first-order valence-corrected chi connectivity index (χ1v) is 8.92. The highest BCUT2D eigenvalue weighted by molar-refractivity contribution is 7.14. The Kier molecular flexibility index (Phi) is 7.07. The number of β-lactam (4-membered cyclic amide) rings is 1. The molecule has 1 fully saturated rings. The van der Waals surface area contributed by atoms with Crippen molar-refractivity contribution >= 4 is 57.5 Å². The fraction of sp³-hybridized carbons (Fsp3) is 0.429. The van der Waals surface area contributed by atoms with E-state index in [0.29, 0.717) is 0 Å². The summed E-state index contributed by atoms with van der Waals surface area (Å²) in [6.45, 7) is 0. The molecule has 0 aromatic carbocycles. The molecule has 1 aliphatic heterocycles. The number of alkyl halides is 1. The maximum absolute atomic E-state index is 12.5. The van der Waals surface area contributed by atoms with Crippen LogP contribution in [0.5, 0.6) is 0 Å². The summed E-state index contributed by atoms with van der Waals surface area (Å²) in [7, 11) is 2.47. The first kappa shape index (κ1) is 20.6. The topological polar surface area (TPSA) is 148 Å². The molecule has 0 spiro atoms. The summed E-state index contributed by atoms with van der Waals surface area (Å²) in [5, 5.41) is 12.8. The lowest BCUT2D eigenvalue weighted by Gasteiger charge is -2.36. The Bertz CT molecular complexity index is 782. The van der Waals surface area contributed by atoms with Gasteiger partial charge in [-0.2, -0.15) is 0 Å². The van der Waals surface area contributed by atoms with E-state index in [1.807, 2.05) is 0 Å². The number of carbonyl (C=O) groups is 4. The van der Waals surface area contributed by atoms with E-state index < -0.39 is 35.8 Å². The average Bonchev–Trinajstić information content (AvgIpc) is 3.11. The van der Waals surface area contributed by atoms with E-state index in [4.69, 9.17) is 11.6 Å². The van der Waals surface area contributed by atoms with Gasteiger partial charge in [-0.25, -0.2) is 4.98 Å². The fourth-order valence-corrected chi connectivity index (χ4v) is 2.92. The van der Waals surface area contributed by atoms with Crippen molar-refractivity contribution in [1.82, 2.24) is 15.6 Å². The van der Waals surface area contributed by atoms with Crippen LogP contribution in [0.3, 0.4) is 0 Å². The van der Waals surface area contributed by atoms with Crippen LogP contribution >= 0.6 is 22.9 Å². The minimum absolute atomic E-state index is 0.0880. The van der Waals surface area contributed by atoms with E-state index in [-0.39, 0.29) is 28.8 Å². The minimum Gasteiger partial charge on any atom is -0.469 e. The van der Waals surface area contributed by atoms with Crippen molar-refractivity contribution in [2.24, 2.45) is 5.16 Å². The highest BCUT2D eigenvalue weighted by atomic mass is 35.5. The Morgan fingerprint density at radius 1 is 1.41 bits per heavy atom. The fourth-order valence-electron chi connectivity index (χ4n) is 2.14. The summed E-state index contributed by atoms with van der Waals surface area (Å²) in [4.78, 5) is 55.6. The first-order valence-electron chi connectivity index (χ1n) is 7.50. The number of rotatable bonds is 8. The van der Waals surface area contributed by atoms with Crippen molar-refractivity contribution in [2.45, 2.75) is 18.5 Å². The lowest BCUT2D eigenvalue weighted by Crippen LogP contribution is -2.70. The van der Waals surface area contributed by atoms with Crippen molar-refractivity contribution in [3.63, 3.8) is 0 Å². The summed E-state index contributed by atoms with van der Waals surface area (Å²) in [6, 6.07) is -1.51. The van der Waals surface area contributed by atoms with Crippen molar-refractivity contribution in [3.05, 3.63) is 11.1 Å². The molecule has 0 bridgehead atoms. The molecule has 1 aromatic rings. The molecule has 1 aromatic heterocycles. The van der Waals surface area contributed by atoms with Gasteiger partial charge in [-0.05, 0) is 0 Å². The van der Waals surface area contributed by atoms with E-state index in [0.717, 1.165) is 11.3 Å². The van der Waals surface area contributed by atoms with E-state index in [2.05, 4.69) is 35.7 Å². The smallest absolute Gasteiger partial charge is 0.307 e. The van der Waals surface area contributed by atoms with Gasteiger partial charge in [0.25, 0.3) is 5.91 Å². The van der Waals surface area contributed by atoms with Crippen LogP contribution in [-0.2, 0) is 28.8 Å². The lowest BCUT2D eigenvalue weighted by atomic mass is 9.95. The Hall–Kier alpha value is -2.73. The SMILES string of the molecule is CO/N=C(\C(=O)N[C@H]1C(=O)N[C@H]1CC(=O)OC)c1csc(NC(=O)CCl)n1. The maximum Gasteiger partial charge on any atom is 0.307 e. The number of oxime groups is 1. The van der Waals surface area contributed by atoms with Crippen molar-refractivity contribution in [2.75, 3.05) is 25.4 Å². The molecule has 0 radical (unpaired) electrons. The summed E-state index contributed by atoms with van der Waals surface area (Å²) in [5.74, 6) is -2.39. The zero-order valence-corrected chi connectivity index (χ0v) is 15.8. The van der Waals surface area contributed by atoms with Gasteiger partial charge in [0.05, 0.1) is 19.6 Å². The average molecular weight is 418 g/mol. The molecule has 0 saturated carbocycles. The van der Waals surface area contributed by atoms with E-state index in [9.17, 15) is 19.2 Å². The third-order valence-corrected chi connectivity index (χ3v) is 4.43. The van der Waals surface area contributed by atoms with Crippen LogP contribution in [0.1, 0.15) is 12.1 Å².